The summed E-state index contributed by atoms with van der Waals surface area (Å²) in [5.74, 6) is 0.851. The standard InChI is InChI=1S/C19H16ClO3P/c1-15-9-5-7-13-18(15)22-24(20,21)23-19-14-8-6-12-17(19)16-10-3-2-4-11-16/h2-14H,1H3. The first-order valence-corrected chi connectivity index (χ1v) is 9.89. The van der Waals surface area contributed by atoms with E-state index in [2.05, 4.69) is 0 Å². The third-order valence-electron chi connectivity index (χ3n) is 3.48. The molecule has 0 N–H and O–H groups in total. The maximum Gasteiger partial charge on any atom is 0.530 e. The minimum Gasteiger partial charge on any atom is -0.404 e. The van der Waals surface area contributed by atoms with Crippen LogP contribution in [0.25, 0.3) is 11.1 Å². The molecule has 0 saturated heterocycles. The predicted molar refractivity (Wildman–Crippen MR) is 97.8 cm³/mol. The molecule has 0 radical (unpaired) electrons. The Kier molecular flexibility index (Phi) is 4.94. The van der Waals surface area contributed by atoms with E-state index in [-0.39, 0.29) is 0 Å². The van der Waals surface area contributed by atoms with Crippen LogP contribution in [0.4, 0.5) is 0 Å². The first-order chi connectivity index (χ1) is 11.6. The Hall–Kier alpha value is -2.22. The van der Waals surface area contributed by atoms with Crippen molar-refractivity contribution in [2.24, 2.45) is 0 Å². The van der Waals surface area contributed by atoms with Crippen molar-refractivity contribution < 1.29 is 13.6 Å². The second-order valence-corrected chi connectivity index (χ2v) is 7.71. The molecule has 3 nitrogen and oxygen atoms in total. The average Bonchev–Trinajstić information content (AvgIpc) is 2.58. The summed E-state index contributed by atoms with van der Waals surface area (Å²) in [5, 5.41) is 0. The van der Waals surface area contributed by atoms with Gasteiger partial charge in [-0.05, 0) is 30.2 Å². The van der Waals surface area contributed by atoms with Crippen molar-refractivity contribution in [1.29, 1.82) is 0 Å². The highest BCUT2D eigenvalue weighted by Crippen LogP contribution is 2.54. The molecule has 0 aromatic heterocycles. The molecule has 0 aliphatic rings. The molecular weight excluding hydrogens is 343 g/mol. The average molecular weight is 359 g/mol. The van der Waals surface area contributed by atoms with Gasteiger partial charge < -0.3 is 9.05 Å². The second-order valence-electron chi connectivity index (χ2n) is 5.24. The van der Waals surface area contributed by atoms with Crippen molar-refractivity contribution in [3.63, 3.8) is 0 Å². The van der Waals surface area contributed by atoms with Gasteiger partial charge in [0.1, 0.15) is 11.5 Å². The molecule has 24 heavy (non-hydrogen) atoms. The molecular formula is C19H16ClO3P. The minimum atomic E-state index is -3.84. The number of hydrogen-bond donors (Lipinski definition) is 0. The number of benzene rings is 3. The Labute approximate surface area is 146 Å². The van der Waals surface area contributed by atoms with Gasteiger partial charge in [0, 0.05) is 16.8 Å². The van der Waals surface area contributed by atoms with E-state index in [0.29, 0.717) is 11.5 Å². The van der Waals surface area contributed by atoms with Crippen LogP contribution in [0.3, 0.4) is 0 Å². The lowest BCUT2D eigenvalue weighted by atomic mass is 10.1. The quantitative estimate of drug-likeness (QED) is 0.490. The van der Waals surface area contributed by atoms with Crippen LogP contribution in [0.15, 0.2) is 78.9 Å². The summed E-state index contributed by atoms with van der Waals surface area (Å²) in [5.41, 5.74) is 2.58. The molecule has 1 atom stereocenters. The van der Waals surface area contributed by atoms with Crippen molar-refractivity contribution in [3.05, 3.63) is 84.4 Å². The van der Waals surface area contributed by atoms with Gasteiger partial charge in [0.2, 0.25) is 0 Å². The van der Waals surface area contributed by atoms with Gasteiger partial charge >= 0.3 is 6.95 Å². The third kappa shape index (κ3) is 4.00. The largest absolute Gasteiger partial charge is 0.530 e. The van der Waals surface area contributed by atoms with Crippen molar-refractivity contribution in [3.8, 4) is 22.6 Å². The van der Waals surface area contributed by atoms with Gasteiger partial charge in [-0.15, -0.1) is 0 Å². The molecule has 0 aliphatic carbocycles. The number of rotatable bonds is 5. The SMILES string of the molecule is Cc1ccccc1OP(=O)(Cl)Oc1ccccc1-c1ccccc1. The smallest absolute Gasteiger partial charge is 0.404 e. The van der Waals surface area contributed by atoms with Gasteiger partial charge in [0.15, 0.2) is 0 Å². The summed E-state index contributed by atoms with van der Waals surface area (Å²) in [4.78, 5) is 0. The van der Waals surface area contributed by atoms with Crippen LogP contribution >= 0.6 is 18.2 Å². The van der Waals surface area contributed by atoms with Crippen LogP contribution < -0.4 is 9.05 Å². The summed E-state index contributed by atoms with van der Waals surface area (Å²) >= 11 is 6.05. The molecule has 0 saturated carbocycles. The van der Waals surface area contributed by atoms with E-state index in [4.69, 9.17) is 20.3 Å². The minimum absolute atomic E-state index is 0.413. The Balaban J connectivity index is 1.88. The van der Waals surface area contributed by atoms with E-state index in [1.807, 2.05) is 61.5 Å². The van der Waals surface area contributed by atoms with E-state index in [1.165, 1.54) is 0 Å². The highest BCUT2D eigenvalue weighted by molar-refractivity contribution is 7.82. The van der Waals surface area contributed by atoms with E-state index >= 15 is 0 Å². The fourth-order valence-corrected chi connectivity index (χ4v) is 3.63. The summed E-state index contributed by atoms with van der Waals surface area (Å²) in [7, 11) is 0. The number of hydrogen-bond acceptors (Lipinski definition) is 3. The summed E-state index contributed by atoms with van der Waals surface area (Å²) in [6, 6.07) is 24.2. The van der Waals surface area contributed by atoms with Gasteiger partial charge in [-0.2, -0.15) is 0 Å². The highest BCUT2D eigenvalue weighted by atomic mass is 35.7. The normalized spacial score (nSPS) is 13.1. The molecule has 0 bridgehead atoms. The predicted octanol–water partition coefficient (Wildman–Crippen LogP) is 6.47. The van der Waals surface area contributed by atoms with Gasteiger partial charge in [-0.3, -0.25) is 0 Å². The van der Waals surface area contributed by atoms with E-state index in [0.717, 1.165) is 16.7 Å². The molecule has 0 fully saturated rings. The molecule has 0 aliphatic heterocycles. The molecule has 122 valence electrons. The van der Waals surface area contributed by atoms with Crippen LogP contribution in [0, 0.1) is 6.92 Å². The fourth-order valence-electron chi connectivity index (χ4n) is 2.31. The summed E-state index contributed by atoms with van der Waals surface area (Å²) in [6.07, 6.45) is 0. The van der Waals surface area contributed by atoms with Crippen LogP contribution in [0.5, 0.6) is 11.5 Å². The van der Waals surface area contributed by atoms with Gasteiger partial charge in [-0.1, -0.05) is 66.7 Å². The van der Waals surface area contributed by atoms with Crippen LogP contribution in [0.1, 0.15) is 5.56 Å². The lowest BCUT2D eigenvalue weighted by molar-refractivity contribution is 0.406. The second kappa shape index (κ2) is 7.12. The summed E-state index contributed by atoms with van der Waals surface area (Å²) < 4.78 is 23.6. The molecule has 3 aromatic carbocycles. The van der Waals surface area contributed by atoms with Crippen molar-refractivity contribution in [1.82, 2.24) is 0 Å². The first kappa shape index (κ1) is 16.6. The molecule has 0 heterocycles. The molecule has 3 aromatic rings. The van der Waals surface area contributed by atoms with Gasteiger partial charge in [0.05, 0.1) is 0 Å². The van der Waals surface area contributed by atoms with E-state index in [9.17, 15) is 4.57 Å². The van der Waals surface area contributed by atoms with Crippen LogP contribution in [-0.4, -0.2) is 0 Å². The van der Waals surface area contributed by atoms with Crippen LogP contribution in [0.2, 0.25) is 0 Å². The number of aryl methyl sites for hydroxylation is 1. The lowest BCUT2D eigenvalue weighted by Crippen LogP contribution is -1.97. The zero-order valence-electron chi connectivity index (χ0n) is 13.1. The zero-order chi connectivity index (χ0) is 17.0. The Morgan fingerprint density at radius 3 is 2.00 bits per heavy atom. The molecule has 3 rings (SSSR count). The Morgan fingerprint density at radius 2 is 1.29 bits per heavy atom. The highest BCUT2D eigenvalue weighted by Gasteiger charge is 2.26. The van der Waals surface area contributed by atoms with Gasteiger partial charge in [-0.25, -0.2) is 4.57 Å². The molecule has 0 spiro atoms. The molecule has 0 amide bonds. The van der Waals surface area contributed by atoms with Gasteiger partial charge in [0.25, 0.3) is 0 Å². The Bertz CT molecular complexity index is 881. The monoisotopic (exact) mass is 358 g/mol. The van der Waals surface area contributed by atoms with Crippen molar-refractivity contribution in [2.45, 2.75) is 6.92 Å². The van der Waals surface area contributed by atoms with Crippen molar-refractivity contribution in [2.75, 3.05) is 0 Å². The fraction of sp³-hybridized carbons (Fsp3) is 0.0526. The van der Waals surface area contributed by atoms with E-state index in [1.54, 1.807) is 24.3 Å². The molecule has 1 unspecified atom stereocenters. The maximum absolute atomic E-state index is 12.6. The molecule has 5 heteroatoms. The maximum atomic E-state index is 12.6. The number of halogens is 1. The zero-order valence-corrected chi connectivity index (χ0v) is 14.7. The van der Waals surface area contributed by atoms with Crippen molar-refractivity contribution >= 4 is 18.2 Å². The topological polar surface area (TPSA) is 35.5 Å². The van der Waals surface area contributed by atoms with E-state index < -0.39 is 6.95 Å². The number of para-hydroxylation sites is 2. The lowest BCUT2D eigenvalue weighted by Gasteiger charge is -2.17. The third-order valence-corrected chi connectivity index (χ3v) is 4.72. The first-order valence-electron chi connectivity index (χ1n) is 7.44. The summed E-state index contributed by atoms with van der Waals surface area (Å²) in [6.45, 7) is -1.99. The Morgan fingerprint density at radius 1 is 0.750 bits per heavy atom. The van der Waals surface area contributed by atoms with Crippen LogP contribution in [-0.2, 0) is 4.57 Å².